The summed E-state index contributed by atoms with van der Waals surface area (Å²) >= 11 is 0. The van der Waals surface area contributed by atoms with Gasteiger partial charge in [0, 0.05) is 19.2 Å². The van der Waals surface area contributed by atoms with E-state index in [2.05, 4.69) is 17.1 Å². The summed E-state index contributed by atoms with van der Waals surface area (Å²) in [5.41, 5.74) is 1.85. The third-order valence-corrected chi connectivity index (χ3v) is 2.82. The second kappa shape index (κ2) is 6.96. The second-order valence-corrected chi connectivity index (χ2v) is 4.37. The van der Waals surface area contributed by atoms with Crippen molar-refractivity contribution in [2.75, 3.05) is 25.5 Å². The van der Waals surface area contributed by atoms with E-state index in [4.69, 9.17) is 0 Å². The van der Waals surface area contributed by atoms with Crippen LogP contribution in [0.4, 0.5) is 11.4 Å². The zero-order valence-electron chi connectivity index (χ0n) is 11.3. The highest BCUT2D eigenvalue weighted by atomic mass is 16.6. The molecular weight excluding hydrogens is 230 g/mol. The summed E-state index contributed by atoms with van der Waals surface area (Å²) in [6.45, 7) is 6.62. The van der Waals surface area contributed by atoms with Crippen LogP contribution < -0.4 is 5.32 Å². The molecule has 0 aromatic heterocycles. The molecule has 100 valence electrons. The molecule has 0 radical (unpaired) electrons. The maximum Gasteiger partial charge on any atom is 0.292 e. The first kappa shape index (κ1) is 14.4. The van der Waals surface area contributed by atoms with Crippen molar-refractivity contribution in [2.45, 2.75) is 26.8 Å². The maximum absolute atomic E-state index is 10.9. The van der Waals surface area contributed by atoms with Crippen LogP contribution in [-0.4, -0.2) is 30.0 Å². The van der Waals surface area contributed by atoms with Crippen molar-refractivity contribution >= 4 is 11.4 Å². The van der Waals surface area contributed by atoms with Crippen LogP contribution in [0, 0.1) is 10.1 Å². The second-order valence-electron chi connectivity index (χ2n) is 4.37. The van der Waals surface area contributed by atoms with Crippen molar-refractivity contribution in [1.82, 2.24) is 4.90 Å². The molecule has 0 aliphatic heterocycles. The molecule has 0 fully saturated rings. The summed E-state index contributed by atoms with van der Waals surface area (Å²) in [5, 5.41) is 14.0. The number of nitrogens with one attached hydrogen (secondary N) is 1. The van der Waals surface area contributed by atoms with Gasteiger partial charge in [0.2, 0.25) is 0 Å². The van der Waals surface area contributed by atoms with Crippen molar-refractivity contribution in [2.24, 2.45) is 0 Å². The Morgan fingerprint density at radius 2 is 2.11 bits per heavy atom. The molecule has 0 aliphatic carbocycles. The molecule has 18 heavy (non-hydrogen) atoms. The minimum absolute atomic E-state index is 0.145. The first-order chi connectivity index (χ1) is 8.58. The van der Waals surface area contributed by atoms with Gasteiger partial charge in [-0.15, -0.1) is 0 Å². The van der Waals surface area contributed by atoms with E-state index in [0.717, 1.165) is 31.6 Å². The topological polar surface area (TPSA) is 58.4 Å². The van der Waals surface area contributed by atoms with Gasteiger partial charge in [-0.3, -0.25) is 10.1 Å². The van der Waals surface area contributed by atoms with Gasteiger partial charge in [-0.25, -0.2) is 0 Å². The number of benzene rings is 1. The van der Waals surface area contributed by atoms with E-state index in [1.54, 1.807) is 6.07 Å². The molecule has 5 heteroatoms. The molecule has 0 amide bonds. The molecule has 0 spiro atoms. The Labute approximate surface area is 108 Å². The monoisotopic (exact) mass is 251 g/mol. The lowest BCUT2D eigenvalue weighted by Crippen LogP contribution is -2.17. The molecule has 0 unspecified atom stereocenters. The van der Waals surface area contributed by atoms with Gasteiger partial charge in [0.05, 0.1) is 4.92 Å². The molecule has 0 heterocycles. The van der Waals surface area contributed by atoms with Gasteiger partial charge in [-0.05, 0) is 31.6 Å². The van der Waals surface area contributed by atoms with Crippen molar-refractivity contribution in [3.05, 3.63) is 33.9 Å². The van der Waals surface area contributed by atoms with Gasteiger partial charge in [0.1, 0.15) is 5.69 Å². The average molecular weight is 251 g/mol. The van der Waals surface area contributed by atoms with Crippen molar-refractivity contribution < 1.29 is 4.92 Å². The van der Waals surface area contributed by atoms with E-state index in [1.807, 2.05) is 26.1 Å². The number of nitro benzene ring substituents is 1. The van der Waals surface area contributed by atoms with Crippen LogP contribution in [-0.2, 0) is 6.54 Å². The third kappa shape index (κ3) is 4.00. The number of rotatable bonds is 7. The summed E-state index contributed by atoms with van der Waals surface area (Å²) in [7, 11) is 2.03. The van der Waals surface area contributed by atoms with Gasteiger partial charge >= 0.3 is 0 Å². The maximum atomic E-state index is 10.9. The SMILES string of the molecule is CCCNc1cc(CN(C)CC)ccc1[N+](=O)[O-]. The molecular formula is C13H21N3O2. The quantitative estimate of drug-likeness (QED) is 0.598. The van der Waals surface area contributed by atoms with Crippen LogP contribution >= 0.6 is 0 Å². The molecule has 1 N–H and O–H groups in total. The van der Waals surface area contributed by atoms with E-state index in [0.29, 0.717) is 5.69 Å². The molecule has 1 aromatic rings. The summed E-state index contributed by atoms with van der Waals surface area (Å²) in [4.78, 5) is 12.7. The van der Waals surface area contributed by atoms with E-state index in [9.17, 15) is 10.1 Å². The van der Waals surface area contributed by atoms with Crippen molar-refractivity contribution in [3.8, 4) is 0 Å². The Morgan fingerprint density at radius 3 is 2.67 bits per heavy atom. The van der Waals surface area contributed by atoms with Gasteiger partial charge in [0.15, 0.2) is 0 Å². The summed E-state index contributed by atoms with van der Waals surface area (Å²) in [6.07, 6.45) is 0.941. The third-order valence-electron chi connectivity index (χ3n) is 2.82. The predicted octanol–water partition coefficient (Wildman–Crippen LogP) is 2.87. The molecule has 5 nitrogen and oxygen atoms in total. The largest absolute Gasteiger partial charge is 0.379 e. The fraction of sp³-hybridized carbons (Fsp3) is 0.538. The van der Waals surface area contributed by atoms with Crippen LogP contribution in [0.1, 0.15) is 25.8 Å². The Kier molecular flexibility index (Phi) is 5.58. The number of nitrogens with zero attached hydrogens (tertiary/aromatic N) is 2. The first-order valence-corrected chi connectivity index (χ1v) is 6.28. The van der Waals surface area contributed by atoms with Crippen LogP contribution in [0.15, 0.2) is 18.2 Å². The normalized spacial score (nSPS) is 10.7. The number of hydrogen-bond donors (Lipinski definition) is 1. The van der Waals surface area contributed by atoms with Gasteiger partial charge in [0.25, 0.3) is 5.69 Å². The van der Waals surface area contributed by atoms with Crippen LogP contribution in [0.5, 0.6) is 0 Å². The highest BCUT2D eigenvalue weighted by Gasteiger charge is 2.13. The molecule has 1 rings (SSSR count). The van der Waals surface area contributed by atoms with E-state index >= 15 is 0 Å². The van der Waals surface area contributed by atoms with Crippen LogP contribution in [0.25, 0.3) is 0 Å². The highest BCUT2D eigenvalue weighted by molar-refractivity contribution is 5.62. The molecule has 1 aromatic carbocycles. The lowest BCUT2D eigenvalue weighted by Gasteiger charge is -2.15. The average Bonchev–Trinajstić information content (AvgIpc) is 2.36. The molecule has 0 aliphatic rings. The fourth-order valence-corrected chi connectivity index (χ4v) is 1.67. The Bertz CT molecular complexity index is 407. The summed E-state index contributed by atoms with van der Waals surface area (Å²) in [6, 6.07) is 5.28. The minimum Gasteiger partial charge on any atom is -0.379 e. The summed E-state index contributed by atoms with van der Waals surface area (Å²) in [5.74, 6) is 0. The summed E-state index contributed by atoms with van der Waals surface area (Å²) < 4.78 is 0. The van der Waals surface area contributed by atoms with E-state index in [-0.39, 0.29) is 10.6 Å². The Hall–Kier alpha value is -1.62. The molecule has 0 saturated carbocycles. The van der Waals surface area contributed by atoms with E-state index in [1.165, 1.54) is 0 Å². The fourth-order valence-electron chi connectivity index (χ4n) is 1.67. The number of nitro groups is 1. The van der Waals surface area contributed by atoms with Gasteiger partial charge in [-0.2, -0.15) is 0 Å². The Balaban J connectivity index is 2.93. The van der Waals surface area contributed by atoms with E-state index < -0.39 is 0 Å². The highest BCUT2D eigenvalue weighted by Crippen LogP contribution is 2.25. The first-order valence-electron chi connectivity index (χ1n) is 6.28. The van der Waals surface area contributed by atoms with Crippen molar-refractivity contribution in [3.63, 3.8) is 0 Å². The molecule has 0 bridgehead atoms. The lowest BCUT2D eigenvalue weighted by atomic mass is 10.1. The number of hydrogen-bond acceptors (Lipinski definition) is 4. The van der Waals surface area contributed by atoms with Crippen molar-refractivity contribution in [1.29, 1.82) is 0 Å². The molecule has 0 atom stereocenters. The van der Waals surface area contributed by atoms with Crippen LogP contribution in [0.2, 0.25) is 0 Å². The Morgan fingerprint density at radius 1 is 1.39 bits per heavy atom. The van der Waals surface area contributed by atoms with Gasteiger partial charge in [-0.1, -0.05) is 19.9 Å². The zero-order valence-corrected chi connectivity index (χ0v) is 11.3. The number of anilines is 1. The predicted molar refractivity (Wildman–Crippen MR) is 73.9 cm³/mol. The zero-order chi connectivity index (χ0) is 13.5. The lowest BCUT2D eigenvalue weighted by molar-refractivity contribution is -0.384. The van der Waals surface area contributed by atoms with Crippen LogP contribution in [0.3, 0.4) is 0 Å². The minimum atomic E-state index is -0.342. The molecule has 0 saturated heterocycles. The standard InChI is InChI=1S/C13H21N3O2/c1-4-8-14-12-9-11(10-15(3)5-2)6-7-13(12)16(17)18/h6-7,9,14H,4-5,8,10H2,1-3H3. The van der Waals surface area contributed by atoms with Gasteiger partial charge < -0.3 is 10.2 Å². The smallest absolute Gasteiger partial charge is 0.292 e.